The summed E-state index contributed by atoms with van der Waals surface area (Å²) in [6.07, 6.45) is 7.97. The van der Waals surface area contributed by atoms with Crippen LogP contribution in [-0.4, -0.2) is 39.4 Å². The molecule has 5 rings (SSSR count). The number of halogens is 2. The second kappa shape index (κ2) is 10.6. The number of nitrogens with zero attached hydrogens (tertiary/aromatic N) is 3. The third-order valence-corrected chi connectivity index (χ3v) is 6.57. The van der Waals surface area contributed by atoms with Gasteiger partial charge < -0.3 is 14.8 Å². The molecule has 0 saturated carbocycles. The summed E-state index contributed by atoms with van der Waals surface area (Å²) in [6.45, 7) is 5.74. The normalized spacial score (nSPS) is 15.7. The number of hydrogen-bond donors (Lipinski definition) is 2. The summed E-state index contributed by atoms with van der Waals surface area (Å²) in [4.78, 5) is 8.40. The topological polar surface area (TPSA) is 85.0 Å². The van der Waals surface area contributed by atoms with E-state index in [0.29, 0.717) is 33.4 Å². The van der Waals surface area contributed by atoms with Crippen LogP contribution in [0.1, 0.15) is 48.3 Å². The first-order valence-electron chi connectivity index (χ1n) is 11.9. The molecule has 4 heterocycles. The standard InChI is InChI=1S/C27H27ClFN5O2/c1-16-13-31-15-22(28)27(16)17(2)35-20-4-5-24-21(11-20)25(34-33-24)12-23(29)18-3-6-26(32-14-18)36-19-7-9-30-10-8-19/h3-6,11-15,17,19,30H,7-10H2,1-2H3,(H,33,34)/b23-12-. The highest BCUT2D eigenvalue weighted by Crippen LogP contribution is 2.32. The molecule has 0 aliphatic carbocycles. The number of aromatic nitrogens is 4. The van der Waals surface area contributed by atoms with Crippen LogP contribution < -0.4 is 14.8 Å². The van der Waals surface area contributed by atoms with Crippen molar-refractivity contribution in [1.82, 2.24) is 25.5 Å². The highest BCUT2D eigenvalue weighted by atomic mass is 35.5. The lowest BCUT2D eigenvalue weighted by molar-refractivity contribution is 0.156. The molecule has 1 unspecified atom stereocenters. The predicted molar refractivity (Wildman–Crippen MR) is 139 cm³/mol. The summed E-state index contributed by atoms with van der Waals surface area (Å²) in [5.41, 5.74) is 3.43. The number of rotatable bonds is 7. The summed E-state index contributed by atoms with van der Waals surface area (Å²) in [5.74, 6) is 0.700. The Balaban J connectivity index is 1.33. The average Bonchev–Trinajstić information content (AvgIpc) is 3.27. The number of pyridine rings is 2. The van der Waals surface area contributed by atoms with Gasteiger partial charge in [0.1, 0.15) is 23.8 Å². The molecule has 0 spiro atoms. The molecule has 2 N–H and O–H groups in total. The number of hydrogen-bond acceptors (Lipinski definition) is 6. The smallest absolute Gasteiger partial charge is 0.213 e. The van der Waals surface area contributed by atoms with Crippen LogP contribution in [0.3, 0.4) is 0 Å². The molecule has 1 atom stereocenters. The maximum absolute atomic E-state index is 15.1. The molecule has 1 saturated heterocycles. The van der Waals surface area contributed by atoms with Crippen LogP contribution in [0.4, 0.5) is 4.39 Å². The van der Waals surface area contributed by atoms with Crippen LogP contribution >= 0.6 is 11.6 Å². The lowest BCUT2D eigenvalue weighted by Crippen LogP contribution is -2.34. The van der Waals surface area contributed by atoms with E-state index in [1.165, 1.54) is 12.3 Å². The van der Waals surface area contributed by atoms with Crippen LogP contribution in [0.2, 0.25) is 5.02 Å². The second-order valence-electron chi connectivity index (χ2n) is 8.87. The Hall–Kier alpha value is -3.49. The third-order valence-electron chi connectivity index (χ3n) is 6.27. The van der Waals surface area contributed by atoms with Crippen LogP contribution in [0.15, 0.2) is 48.9 Å². The molecule has 3 aromatic heterocycles. The Bertz CT molecular complexity index is 1360. The number of nitrogens with one attached hydrogen (secondary N) is 2. The first kappa shape index (κ1) is 24.2. The van der Waals surface area contributed by atoms with E-state index in [2.05, 4.69) is 25.5 Å². The highest BCUT2D eigenvalue weighted by molar-refractivity contribution is 6.31. The molecule has 0 radical (unpaired) electrons. The van der Waals surface area contributed by atoms with Crippen molar-refractivity contribution in [2.75, 3.05) is 13.1 Å². The van der Waals surface area contributed by atoms with Gasteiger partial charge in [-0.05, 0) is 69.6 Å². The van der Waals surface area contributed by atoms with Crippen LogP contribution in [0.25, 0.3) is 22.8 Å². The Morgan fingerprint density at radius 3 is 2.75 bits per heavy atom. The molecule has 1 aliphatic rings. The van der Waals surface area contributed by atoms with Crippen molar-refractivity contribution >= 4 is 34.4 Å². The van der Waals surface area contributed by atoms with Crippen molar-refractivity contribution < 1.29 is 13.9 Å². The monoisotopic (exact) mass is 507 g/mol. The van der Waals surface area contributed by atoms with Crippen molar-refractivity contribution in [3.05, 3.63) is 76.3 Å². The maximum atomic E-state index is 15.1. The number of piperidine rings is 1. The molecule has 1 aliphatic heterocycles. The SMILES string of the molecule is Cc1cncc(Cl)c1C(C)Oc1ccc2n[nH]c(/C=C(\F)c3ccc(OC4CCNCC4)nc3)c2c1. The Kier molecular flexibility index (Phi) is 7.16. The van der Waals surface area contributed by atoms with Gasteiger partial charge in [-0.2, -0.15) is 5.10 Å². The quantitative estimate of drug-likeness (QED) is 0.316. The van der Waals surface area contributed by atoms with Gasteiger partial charge in [0.15, 0.2) is 0 Å². The number of benzene rings is 1. The average molecular weight is 508 g/mol. The number of H-pyrrole nitrogens is 1. The Morgan fingerprint density at radius 2 is 2.00 bits per heavy atom. The van der Waals surface area contributed by atoms with E-state index >= 15 is 4.39 Å². The molecule has 7 nitrogen and oxygen atoms in total. The van der Waals surface area contributed by atoms with E-state index in [4.69, 9.17) is 21.1 Å². The minimum Gasteiger partial charge on any atom is -0.486 e. The molecule has 9 heteroatoms. The van der Waals surface area contributed by atoms with Gasteiger partial charge in [-0.15, -0.1) is 0 Å². The number of ether oxygens (including phenoxy) is 2. The predicted octanol–water partition coefficient (Wildman–Crippen LogP) is 6.05. The van der Waals surface area contributed by atoms with E-state index < -0.39 is 5.83 Å². The first-order valence-corrected chi connectivity index (χ1v) is 12.3. The molecule has 36 heavy (non-hydrogen) atoms. The number of aryl methyl sites for hydroxylation is 1. The number of aromatic amines is 1. The lowest BCUT2D eigenvalue weighted by Gasteiger charge is -2.23. The first-order chi connectivity index (χ1) is 17.5. The van der Waals surface area contributed by atoms with E-state index in [1.807, 2.05) is 32.0 Å². The maximum Gasteiger partial charge on any atom is 0.213 e. The zero-order valence-electron chi connectivity index (χ0n) is 20.1. The van der Waals surface area contributed by atoms with Crippen molar-refractivity contribution in [3.63, 3.8) is 0 Å². The fourth-order valence-electron chi connectivity index (χ4n) is 4.40. The fourth-order valence-corrected chi connectivity index (χ4v) is 4.76. The largest absolute Gasteiger partial charge is 0.486 e. The van der Waals surface area contributed by atoms with Gasteiger partial charge in [-0.3, -0.25) is 10.1 Å². The minimum absolute atomic E-state index is 0.138. The molecule has 1 aromatic carbocycles. The van der Waals surface area contributed by atoms with Crippen molar-refractivity contribution in [3.8, 4) is 11.6 Å². The summed E-state index contributed by atoms with van der Waals surface area (Å²) in [7, 11) is 0. The van der Waals surface area contributed by atoms with E-state index in [-0.39, 0.29) is 12.2 Å². The van der Waals surface area contributed by atoms with Gasteiger partial charge in [-0.1, -0.05) is 11.6 Å². The van der Waals surface area contributed by atoms with Gasteiger partial charge in [0.25, 0.3) is 0 Å². The van der Waals surface area contributed by atoms with Crippen LogP contribution in [-0.2, 0) is 0 Å². The van der Waals surface area contributed by atoms with Crippen LogP contribution in [0, 0.1) is 6.92 Å². The van der Waals surface area contributed by atoms with Gasteiger partial charge in [-0.25, -0.2) is 9.37 Å². The van der Waals surface area contributed by atoms with Crippen LogP contribution in [0.5, 0.6) is 11.6 Å². The van der Waals surface area contributed by atoms with Gasteiger partial charge in [0, 0.05) is 47.2 Å². The molecule has 186 valence electrons. The molecular weight excluding hydrogens is 481 g/mol. The molecule has 0 amide bonds. The van der Waals surface area contributed by atoms with E-state index in [0.717, 1.165) is 42.4 Å². The summed E-state index contributed by atoms with van der Waals surface area (Å²) in [5, 5.41) is 11.8. The zero-order valence-corrected chi connectivity index (χ0v) is 20.8. The zero-order chi connectivity index (χ0) is 25.1. The summed E-state index contributed by atoms with van der Waals surface area (Å²) in [6, 6.07) is 8.88. The van der Waals surface area contributed by atoms with E-state index in [1.54, 1.807) is 24.5 Å². The molecule has 1 fully saturated rings. The Labute approximate surface area is 213 Å². The van der Waals surface area contributed by atoms with Crippen molar-refractivity contribution in [1.29, 1.82) is 0 Å². The van der Waals surface area contributed by atoms with Gasteiger partial charge in [0.2, 0.25) is 5.88 Å². The molecular formula is C27H27ClFN5O2. The fraction of sp³-hybridized carbons (Fsp3) is 0.296. The van der Waals surface area contributed by atoms with Crippen molar-refractivity contribution in [2.45, 2.75) is 38.9 Å². The van der Waals surface area contributed by atoms with Gasteiger partial charge >= 0.3 is 0 Å². The minimum atomic E-state index is -0.430. The molecule has 4 aromatic rings. The number of fused-ring (bicyclic) bond motifs is 1. The van der Waals surface area contributed by atoms with E-state index in [9.17, 15) is 0 Å². The van der Waals surface area contributed by atoms with Crippen molar-refractivity contribution in [2.24, 2.45) is 0 Å². The van der Waals surface area contributed by atoms with Gasteiger partial charge in [0.05, 0.1) is 16.2 Å². The summed E-state index contributed by atoms with van der Waals surface area (Å²) < 4.78 is 27.2. The summed E-state index contributed by atoms with van der Waals surface area (Å²) >= 11 is 6.35. The Morgan fingerprint density at radius 1 is 1.17 bits per heavy atom. The third kappa shape index (κ3) is 5.34. The highest BCUT2D eigenvalue weighted by Gasteiger charge is 2.17. The lowest BCUT2D eigenvalue weighted by atomic mass is 10.1. The second-order valence-corrected chi connectivity index (χ2v) is 9.28. The molecule has 0 bridgehead atoms.